The van der Waals surface area contributed by atoms with Gasteiger partial charge in [0.25, 0.3) is 0 Å². The number of thiazole rings is 1. The lowest BCUT2D eigenvalue weighted by Gasteiger charge is -2.10. The number of benzene rings is 1. The lowest BCUT2D eigenvalue weighted by atomic mass is 10.2. The summed E-state index contributed by atoms with van der Waals surface area (Å²) in [6.07, 6.45) is 0. The van der Waals surface area contributed by atoms with E-state index in [0.29, 0.717) is 5.13 Å². The molecule has 2 amide bonds. The fourth-order valence-electron chi connectivity index (χ4n) is 1.97. The third-order valence-corrected chi connectivity index (χ3v) is 4.84. The van der Waals surface area contributed by atoms with Gasteiger partial charge < -0.3 is 5.32 Å². The van der Waals surface area contributed by atoms with Gasteiger partial charge in [0.1, 0.15) is 10.0 Å². The van der Waals surface area contributed by atoms with E-state index in [1.165, 1.54) is 22.7 Å². The van der Waals surface area contributed by atoms with E-state index in [2.05, 4.69) is 25.8 Å². The summed E-state index contributed by atoms with van der Waals surface area (Å²) in [6, 6.07) is 9.46. The van der Waals surface area contributed by atoms with Crippen LogP contribution < -0.4 is 10.6 Å². The minimum atomic E-state index is -0.315. The molecule has 3 aromatic rings. The minimum absolute atomic E-state index is 0.188. The Labute approximate surface area is 141 Å². The first-order valence-corrected chi connectivity index (χ1v) is 8.70. The number of anilines is 1. The second kappa shape index (κ2) is 6.84. The molecule has 0 aliphatic rings. The van der Waals surface area contributed by atoms with E-state index in [-0.39, 0.29) is 12.1 Å². The SMILES string of the molecule is Cc1nnc(NC(=O)NC(C)c2nc(-c3ccccc3)cs2)s1. The summed E-state index contributed by atoms with van der Waals surface area (Å²) in [5, 5.41) is 17.4. The Balaban J connectivity index is 1.63. The highest BCUT2D eigenvalue weighted by Crippen LogP contribution is 2.25. The van der Waals surface area contributed by atoms with Crippen LogP contribution in [0.1, 0.15) is 23.0 Å². The first-order valence-electron chi connectivity index (χ1n) is 7.00. The highest BCUT2D eigenvalue weighted by molar-refractivity contribution is 7.15. The summed E-state index contributed by atoms with van der Waals surface area (Å²) >= 11 is 2.86. The van der Waals surface area contributed by atoms with E-state index in [9.17, 15) is 4.79 Å². The van der Waals surface area contributed by atoms with Crippen LogP contribution in [-0.4, -0.2) is 21.2 Å². The Kier molecular flexibility index (Phi) is 4.63. The van der Waals surface area contributed by atoms with Gasteiger partial charge in [-0.25, -0.2) is 9.78 Å². The van der Waals surface area contributed by atoms with Gasteiger partial charge in [0.15, 0.2) is 0 Å². The highest BCUT2D eigenvalue weighted by atomic mass is 32.1. The zero-order valence-corrected chi connectivity index (χ0v) is 14.2. The van der Waals surface area contributed by atoms with E-state index < -0.39 is 0 Å². The number of amides is 2. The van der Waals surface area contributed by atoms with Crippen molar-refractivity contribution in [1.82, 2.24) is 20.5 Å². The smallest absolute Gasteiger partial charge is 0.321 e. The third kappa shape index (κ3) is 3.91. The lowest BCUT2D eigenvalue weighted by molar-refractivity contribution is 0.249. The van der Waals surface area contributed by atoms with Crippen LogP contribution in [0.25, 0.3) is 11.3 Å². The van der Waals surface area contributed by atoms with Crippen LogP contribution in [0.4, 0.5) is 9.93 Å². The molecule has 0 saturated heterocycles. The Hall–Kier alpha value is -2.32. The van der Waals surface area contributed by atoms with Crippen LogP contribution in [0.2, 0.25) is 0 Å². The van der Waals surface area contributed by atoms with Gasteiger partial charge in [-0.1, -0.05) is 41.7 Å². The molecule has 1 atom stereocenters. The fraction of sp³-hybridized carbons (Fsp3) is 0.200. The zero-order valence-electron chi connectivity index (χ0n) is 12.6. The van der Waals surface area contributed by atoms with Crippen molar-refractivity contribution in [3.63, 3.8) is 0 Å². The molecule has 0 spiro atoms. The summed E-state index contributed by atoms with van der Waals surface area (Å²) in [7, 11) is 0. The van der Waals surface area contributed by atoms with Crippen molar-refractivity contribution in [2.45, 2.75) is 19.9 Å². The van der Waals surface area contributed by atoms with E-state index in [1.807, 2.05) is 49.6 Å². The maximum atomic E-state index is 12.0. The molecule has 2 heterocycles. The van der Waals surface area contributed by atoms with Crippen LogP contribution in [-0.2, 0) is 0 Å². The number of nitrogens with one attached hydrogen (secondary N) is 2. The molecule has 1 aromatic carbocycles. The summed E-state index contributed by atoms with van der Waals surface area (Å²) in [5.41, 5.74) is 1.98. The second-order valence-corrected chi connectivity index (χ2v) is 6.95. The number of aryl methyl sites for hydroxylation is 1. The van der Waals surface area contributed by atoms with Crippen molar-refractivity contribution in [2.75, 3.05) is 5.32 Å². The molecule has 0 fully saturated rings. The highest BCUT2D eigenvalue weighted by Gasteiger charge is 2.15. The summed E-state index contributed by atoms with van der Waals surface area (Å²) in [5.74, 6) is 0. The van der Waals surface area contributed by atoms with Gasteiger partial charge in [-0.3, -0.25) is 5.32 Å². The number of nitrogens with zero attached hydrogens (tertiary/aromatic N) is 3. The van der Waals surface area contributed by atoms with Crippen molar-refractivity contribution < 1.29 is 4.79 Å². The average Bonchev–Trinajstić information content (AvgIpc) is 3.17. The molecule has 0 aliphatic heterocycles. The second-order valence-electron chi connectivity index (χ2n) is 4.88. The monoisotopic (exact) mass is 345 g/mol. The van der Waals surface area contributed by atoms with Crippen LogP contribution in [0.3, 0.4) is 0 Å². The van der Waals surface area contributed by atoms with Gasteiger partial charge in [0.2, 0.25) is 5.13 Å². The molecular formula is C15H15N5OS2. The van der Waals surface area contributed by atoms with Crippen LogP contribution >= 0.6 is 22.7 Å². The number of aromatic nitrogens is 3. The Morgan fingerprint density at radius 3 is 2.70 bits per heavy atom. The molecule has 1 unspecified atom stereocenters. The first-order chi connectivity index (χ1) is 11.1. The van der Waals surface area contributed by atoms with Gasteiger partial charge >= 0.3 is 6.03 Å². The van der Waals surface area contributed by atoms with Gasteiger partial charge in [-0.2, -0.15) is 0 Å². The molecule has 0 radical (unpaired) electrons. The summed E-state index contributed by atoms with van der Waals surface area (Å²) in [4.78, 5) is 16.6. The number of rotatable bonds is 4. The predicted molar refractivity (Wildman–Crippen MR) is 92.8 cm³/mol. The van der Waals surface area contributed by atoms with E-state index >= 15 is 0 Å². The molecule has 0 saturated carbocycles. The van der Waals surface area contributed by atoms with Crippen molar-refractivity contribution >= 4 is 33.8 Å². The lowest BCUT2D eigenvalue weighted by Crippen LogP contribution is -2.31. The first kappa shape index (κ1) is 15.6. The minimum Gasteiger partial charge on any atom is -0.329 e. The number of carbonyl (C=O) groups is 1. The standard InChI is InChI=1S/C15H15N5OS2/c1-9(16-14(21)18-15-20-19-10(2)23-15)13-17-12(8-22-13)11-6-4-3-5-7-11/h3-9H,1-2H3,(H2,16,18,20,21). The topological polar surface area (TPSA) is 79.8 Å². The molecule has 23 heavy (non-hydrogen) atoms. The summed E-state index contributed by atoms with van der Waals surface area (Å²) < 4.78 is 0. The molecule has 2 aromatic heterocycles. The molecule has 3 rings (SSSR count). The Bertz CT molecular complexity index is 799. The van der Waals surface area contributed by atoms with E-state index in [0.717, 1.165) is 21.3 Å². The maximum absolute atomic E-state index is 12.0. The van der Waals surface area contributed by atoms with Gasteiger partial charge in [0, 0.05) is 10.9 Å². The Morgan fingerprint density at radius 2 is 2.00 bits per heavy atom. The number of hydrogen-bond acceptors (Lipinski definition) is 6. The molecule has 6 nitrogen and oxygen atoms in total. The van der Waals surface area contributed by atoms with Gasteiger partial charge in [0.05, 0.1) is 11.7 Å². The zero-order chi connectivity index (χ0) is 16.2. The number of hydrogen-bond donors (Lipinski definition) is 2. The number of carbonyl (C=O) groups excluding carboxylic acids is 1. The molecule has 118 valence electrons. The number of urea groups is 1. The molecule has 0 bridgehead atoms. The largest absolute Gasteiger partial charge is 0.329 e. The predicted octanol–water partition coefficient (Wildman–Crippen LogP) is 3.85. The van der Waals surface area contributed by atoms with Crippen LogP contribution in [0.15, 0.2) is 35.7 Å². The van der Waals surface area contributed by atoms with E-state index in [4.69, 9.17) is 0 Å². The quantitative estimate of drug-likeness (QED) is 0.752. The fourth-order valence-corrected chi connectivity index (χ4v) is 3.39. The van der Waals surface area contributed by atoms with Gasteiger partial charge in [-0.15, -0.1) is 21.5 Å². The van der Waals surface area contributed by atoms with Crippen molar-refractivity contribution in [2.24, 2.45) is 0 Å². The molecular weight excluding hydrogens is 330 g/mol. The van der Waals surface area contributed by atoms with Crippen molar-refractivity contribution in [3.8, 4) is 11.3 Å². The van der Waals surface area contributed by atoms with Gasteiger partial charge in [-0.05, 0) is 13.8 Å². The molecule has 8 heteroatoms. The Morgan fingerprint density at radius 1 is 1.22 bits per heavy atom. The van der Waals surface area contributed by atoms with Crippen molar-refractivity contribution in [1.29, 1.82) is 0 Å². The molecule has 0 aliphatic carbocycles. The van der Waals surface area contributed by atoms with Crippen LogP contribution in [0.5, 0.6) is 0 Å². The summed E-state index contributed by atoms with van der Waals surface area (Å²) in [6.45, 7) is 3.74. The maximum Gasteiger partial charge on any atom is 0.321 e. The normalized spacial score (nSPS) is 11.9. The van der Waals surface area contributed by atoms with Crippen molar-refractivity contribution in [3.05, 3.63) is 45.7 Å². The average molecular weight is 345 g/mol. The van der Waals surface area contributed by atoms with Crippen LogP contribution in [0, 0.1) is 6.92 Å². The molecule has 2 N–H and O–H groups in total. The van der Waals surface area contributed by atoms with E-state index in [1.54, 1.807) is 0 Å². The third-order valence-electron chi connectivity index (χ3n) is 3.06.